The molecular weight excluding hydrogens is 326 g/mol. The lowest BCUT2D eigenvalue weighted by Crippen LogP contribution is -2.17. The van der Waals surface area contributed by atoms with E-state index < -0.39 is 22.3 Å². The molecule has 0 bridgehead atoms. The van der Waals surface area contributed by atoms with Crippen LogP contribution in [0.15, 0.2) is 27.7 Å². The van der Waals surface area contributed by atoms with Crippen molar-refractivity contribution in [1.82, 2.24) is 5.43 Å². The van der Waals surface area contributed by atoms with Gasteiger partial charge in [-0.1, -0.05) is 11.6 Å². The van der Waals surface area contributed by atoms with Crippen LogP contribution in [0.2, 0.25) is 5.02 Å². The number of hydrazone groups is 1. The predicted molar refractivity (Wildman–Crippen MR) is 83.0 cm³/mol. The molecule has 0 saturated carbocycles. The van der Waals surface area contributed by atoms with Crippen molar-refractivity contribution in [2.45, 2.75) is 13.8 Å². The standard InChI is InChI=1S/C14H12ClN3O5/c1-7-3-11(8(2)23-7)14(20)17-16-6-9-4-10(15)5-12(13(9)19)18(21)22/h3-6,19H,1-2H3,(H,17,20)/b16-6-. The zero-order valence-corrected chi connectivity index (χ0v) is 12.9. The molecule has 1 heterocycles. The lowest BCUT2D eigenvalue weighted by Gasteiger charge is -2.02. The van der Waals surface area contributed by atoms with Crippen molar-refractivity contribution in [3.8, 4) is 5.75 Å². The third kappa shape index (κ3) is 3.67. The number of aromatic hydroxyl groups is 1. The van der Waals surface area contributed by atoms with E-state index in [0.717, 1.165) is 12.3 Å². The molecule has 0 unspecified atom stereocenters. The number of rotatable bonds is 4. The second kappa shape index (κ2) is 6.49. The average Bonchev–Trinajstić information content (AvgIpc) is 2.80. The summed E-state index contributed by atoms with van der Waals surface area (Å²) >= 11 is 5.75. The number of nitro benzene ring substituents is 1. The number of hydrogen-bond donors (Lipinski definition) is 2. The van der Waals surface area contributed by atoms with Crippen LogP contribution in [0.1, 0.15) is 27.4 Å². The quantitative estimate of drug-likeness (QED) is 0.505. The molecule has 0 aliphatic rings. The first-order valence-electron chi connectivity index (χ1n) is 6.37. The molecule has 8 nitrogen and oxygen atoms in total. The summed E-state index contributed by atoms with van der Waals surface area (Å²) in [6.45, 7) is 3.34. The molecule has 0 atom stereocenters. The number of benzene rings is 1. The van der Waals surface area contributed by atoms with E-state index >= 15 is 0 Å². The summed E-state index contributed by atoms with van der Waals surface area (Å²) in [5.74, 6) is -0.0736. The fourth-order valence-corrected chi connectivity index (χ4v) is 2.14. The van der Waals surface area contributed by atoms with E-state index in [1.807, 2.05) is 0 Å². The zero-order valence-electron chi connectivity index (χ0n) is 12.2. The van der Waals surface area contributed by atoms with Crippen LogP contribution in [0.5, 0.6) is 5.75 Å². The van der Waals surface area contributed by atoms with Crippen LogP contribution in [0.4, 0.5) is 5.69 Å². The maximum Gasteiger partial charge on any atom is 0.312 e. The lowest BCUT2D eigenvalue weighted by atomic mass is 10.2. The molecule has 2 N–H and O–H groups in total. The lowest BCUT2D eigenvalue weighted by molar-refractivity contribution is -0.385. The van der Waals surface area contributed by atoms with Crippen molar-refractivity contribution in [3.63, 3.8) is 0 Å². The summed E-state index contributed by atoms with van der Waals surface area (Å²) in [5, 5.41) is 24.3. The van der Waals surface area contributed by atoms with E-state index in [2.05, 4.69) is 10.5 Å². The van der Waals surface area contributed by atoms with Crippen LogP contribution in [0.3, 0.4) is 0 Å². The topological polar surface area (TPSA) is 118 Å². The molecule has 1 aromatic carbocycles. The van der Waals surface area contributed by atoms with Crippen molar-refractivity contribution in [3.05, 3.63) is 56.0 Å². The summed E-state index contributed by atoms with van der Waals surface area (Å²) in [6.07, 6.45) is 1.06. The SMILES string of the molecule is Cc1cc(C(=O)N/N=C\c2cc(Cl)cc([N+](=O)[O-])c2O)c(C)o1. The first-order chi connectivity index (χ1) is 10.8. The summed E-state index contributed by atoms with van der Waals surface area (Å²) in [4.78, 5) is 21.9. The maximum absolute atomic E-state index is 11.9. The normalized spacial score (nSPS) is 10.9. The predicted octanol–water partition coefficient (Wildman–Crippen LogP) is 2.93. The van der Waals surface area contributed by atoms with E-state index in [9.17, 15) is 20.0 Å². The molecule has 2 aromatic rings. The highest BCUT2D eigenvalue weighted by Crippen LogP contribution is 2.32. The number of carbonyl (C=O) groups excluding carboxylic acids is 1. The number of nitro groups is 1. The number of nitrogens with zero attached hydrogens (tertiary/aromatic N) is 2. The van der Waals surface area contributed by atoms with Crippen molar-refractivity contribution in [1.29, 1.82) is 0 Å². The molecule has 120 valence electrons. The number of phenolic OH excluding ortho intramolecular Hbond substituents is 1. The van der Waals surface area contributed by atoms with E-state index in [0.29, 0.717) is 17.1 Å². The Morgan fingerprint density at radius 3 is 2.70 bits per heavy atom. The van der Waals surface area contributed by atoms with Crippen LogP contribution in [-0.2, 0) is 0 Å². The molecule has 1 aromatic heterocycles. The van der Waals surface area contributed by atoms with Gasteiger partial charge in [0.2, 0.25) is 5.75 Å². The van der Waals surface area contributed by atoms with E-state index in [4.69, 9.17) is 16.0 Å². The fraction of sp³-hybridized carbons (Fsp3) is 0.143. The largest absolute Gasteiger partial charge is 0.502 e. The fourth-order valence-electron chi connectivity index (χ4n) is 1.92. The van der Waals surface area contributed by atoms with Gasteiger partial charge in [0.1, 0.15) is 11.5 Å². The first-order valence-corrected chi connectivity index (χ1v) is 6.74. The first kappa shape index (κ1) is 16.5. The summed E-state index contributed by atoms with van der Waals surface area (Å²) in [5.41, 5.74) is 2.02. The number of amides is 1. The minimum Gasteiger partial charge on any atom is -0.502 e. The Balaban J connectivity index is 2.19. The summed E-state index contributed by atoms with van der Waals surface area (Å²) in [7, 11) is 0. The number of nitrogens with one attached hydrogen (secondary N) is 1. The van der Waals surface area contributed by atoms with Gasteiger partial charge in [-0.3, -0.25) is 14.9 Å². The highest BCUT2D eigenvalue weighted by atomic mass is 35.5. The molecule has 0 aliphatic heterocycles. The highest BCUT2D eigenvalue weighted by Gasteiger charge is 2.18. The van der Waals surface area contributed by atoms with Crippen molar-refractivity contribution >= 4 is 29.4 Å². The molecule has 23 heavy (non-hydrogen) atoms. The van der Waals surface area contributed by atoms with Gasteiger partial charge < -0.3 is 9.52 Å². The number of carbonyl (C=O) groups is 1. The monoisotopic (exact) mass is 337 g/mol. The Hall–Kier alpha value is -2.87. The molecule has 0 spiro atoms. The molecule has 0 fully saturated rings. The van der Waals surface area contributed by atoms with Gasteiger partial charge >= 0.3 is 5.69 Å². The minimum absolute atomic E-state index is 0.00426. The second-order valence-corrected chi connectivity index (χ2v) is 5.08. The van der Waals surface area contributed by atoms with Gasteiger partial charge in [-0.25, -0.2) is 5.43 Å². The Kier molecular flexibility index (Phi) is 4.65. The Morgan fingerprint density at radius 2 is 2.13 bits per heavy atom. The molecule has 2 rings (SSSR count). The summed E-state index contributed by atoms with van der Waals surface area (Å²) in [6, 6.07) is 3.86. The third-order valence-corrected chi connectivity index (χ3v) is 3.15. The third-order valence-electron chi connectivity index (χ3n) is 2.94. The van der Waals surface area contributed by atoms with Gasteiger partial charge in [0.05, 0.1) is 16.7 Å². The number of halogens is 1. The van der Waals surface area contributed by atoms with Gasteiger partial charge in [0.15, 0.2) is 0 Å². The molecule has 9 heteroatoms. The van der Waals surface area contributed by atoms with Crippen LogP contribution in [0, 0.1) is 24.0 Å². The van der Waals surface area contributed by atoms with Gasteiger partial charge in [0, 0.05) is 16.7 Å². The van der Waals surface area contributed by atoms with Crippen LogP contribution >= 0.6 is 11.6 Å². The van der Waals surface area contributed by atoms with Crippen LogP contribution in [-0.4, -0.2) is 22.2 Å². The van der Waals surface area contributed by atoms with Gasteiger partial charge in [-0.2, -0.15) is 5.10 Å². The Morgan fingerprint density at radius 1 is 1.43 bits per heavy atom. The molecule has 1 amide bonds. The molecular formula is C14H12ClN3O5. The molecule has 0 aliphatic carbocycles. The Labute approximate surface area is 135 Å². The van der Waals surface area contributed by atoms with Gasteiger partial charge in [0.25, 0.3) is 5.91 Å². The number of hydrogen-bond acceptors (Lipinski definition) is 6. The molecule has 0 radical (unpaired) electrons. The van der Waals surface area contributed by atoms with Crippen molar-refractivity contribution in [2.24, 2.45) is 5.10 Å². The highest BCUT2D eigenvalue weighted by molar-refractivity contribution is 6.31. The van der Waals surface area contributed by atoms with Gasteiger partial charge in [-0.15, -0.1) is 0 Å². The number of aryl methyl sites for hydroxylation is 2. The molecule has 0 saturated heterocycles. The Bertz CT molecular complexity index is 813. The maximum atomic E-state index is 11.9. The van der Waals surface area contributed by atoms with E-state index in [-0.39, 0.29) is 10.6 Å². The number of phenols is 1. The minimum atomic E-state index is -0.769. The summed E-state index contributed by atoms with van der Waals surface area (Å²) < 4.78 is 5.23. The zero-order chi connectivity index (χ0) is 17.1. The van der Waals surface area contributed by atoms with Gasteiger partial charge in [-0.05, 0) is 26.0 Å². The van der Waals surface area contributed by atoms with Crippen LogP contribution < -0.4 is 5.43 Å². The van der Waals surface area contributed by atoms with Crippen LogP contribution in [0.25, 0.3) is 0 Å². The van der Waals surface area contributed by atoms with E-state index in [1.165, 1.54) is 6.07 Å². The smallest absolute Gasteiger partial charge is 0.312 e. The van der Waals surface area contributed by atoms with Crippen molar-refractivity contribution in [2.75, 3.05) is 0 Å². The average molecular weight is 338 g/mol. The number of furan rings is 1. The van der Waals surface area contributed by atoms with Crippen molar-refractivity contribution < 1.29 is 19.2 Å². The van der Waals surface area contributed by atoms with E-state index in [1.54, 1.807) is 19.9 Å². The second-order valence-electron chi connectivity index (χ2n) is 4.65.